The van der Waals surface area contributed by atoms with Crippen LogP contribution in [0.15, 0.2) is 169 Å². The number of aromatic nitrogens is 4. The second-order valence-electron chi connectivity index (χ2n) is 12.8. The number of benzene rings is 4. The minimum Gasteiger partial charge on any atom is -0.332 e. The van der Waals surface area contributed by atoms with Gasteiger partial charge in [-0.25, -0.2) is 0 Å². The number of hydrogen-bond donors (Lipinski definition) is 0. The first kappa shape index (κ1) is 28.4. The molecule has 236 valence electrons. The van der Waals surface area contributed by atoms with E-state index in [0.717, 1.165) is 61.4 Å². The molecule has 10 rings (SSSR count). The molecule has 0 aliphatic carbocycles. The van der Waals surface area contributed by atoms with E-state index >= 15 is 0 Å². The highest BCUT2D eigenvalue weighted by molar-refractivity contribution is 6.08. The van der Waals surface area contributed by atoms with E-state index in [9.17, 15) is 0 Å². The third kappa shape index (κ3) is 4.57. The predicted molar refractivity (Wildman–Crippen MR) is 203 cm³/mol. The Kier molecular flexibility index (Phi) is 6.52. The third-order valence-corrected chi connectivity index (χ3v) is 10.00. The van der Waals surface area contributed by atoms with Crippen molar-refractivity contribution in [3.63, 3.8) is 0 Å². The number of nitrogens with zero attached hydrogens (tertiary/aromatic N) is 6. The van der Waals surface area contributed by atoms with Crippen molar-refractivity contribution in [2.45, 2.75) is 12.0 Å². The fourth-order valence-electron chi connectivity index (χ4n) is 7.65. The molecule has 0 bridgehead atoms. The fourth-order valence-corrected chi connectivity index (χ4v) is 7.65. The highest BCUT2D eigenvalue weighted by Gasteiger charge is 2.37. The second-order valence-corrected chi connectivity index (χ2v) is 12.8. The Morgan fingerprint density at radius 2 is 1.24 bits per heavy atom. The van der Waals surface area contributed by atoms with Crippen LogP contribution in [0.1, 0.15) is 11.5 Å². The molecule has 0 radical (unpaired) electrons. The van der Waals surface area contributed by atoms with E-state index in [4.69, 9.17) is 9.97 Å². The first-order valence-corrected chi connectivity index (χ1v) is 16.9. The molecular formula is C44H30N6. The molecule has 8 aromatic rings. The largest absolute Gasteiger partial charge is 0.332 e. The van der Waals surface area contributed by atoms with E-state index in [1.54, 1.807) is 0 Å². The Hall–Kier alpha value is -6.66. The molecule has 6 heteroatoms. The van der Waals surface area contributed by atoms with Gasteiger partial charge in [0.2, 0.25) is 0 Å². The van der Waals surface area contributed by atoms with Gasteiger partial charge < -0.3 is 9.47 Å². The molecule has 0 N–H and O–H groups in total. The summed E-state index contributed by atoms with van der Waals surface area (Å²) < 4.78 is 2.31. The van der Waals surface area contributed by atoms with Crippen LogP contribution in [0, 0.1) is 0 Å². The van der Waals surface area contributed by atoms with Crippen LogP contribution in [-0.4, -0.2) is 31.8 Å². The van der Waals surface area contributed by atoms with Gasteiger partial charge in [-0.2, -0.15) is 0 Å². The van der Waals surface area contributed by atoms with Gasteiger partial charge in [0, 0.05) is 82.1 Å². The Morgan fingerprint density at radius 3 is 2.02 bits per heavy atom. The Labute approximate surface area is 289 Å². The zero-order chi connectivity index (χ0) is 33.0. The highest BCUT2D eigenvalue weighted by Crippen LogP contribution is 2.46. The minimum atomic E-state index is 0.163. The molecule has 6 heterocycles. The molecule has 0 saturated heterocycles. The predicted octanol–water partition coefficient (Wildman–Crippen LogP) is 10.2. The lowest BCUT2D eigenvalue weighted by atomic mass is 9.94. The van der Waals surface area contributed by atoms with Crippen molar-refractivity contribution in [1.82, 2.24) is 19.5 Å². The van der Waals surface area contributed by atoms with Gasteiger partial charge >= 0.3 is 0 Å². The molecule has 2 aliphatic heterocycles. The number of rotatable bonds is 5. The lowest BCUT2D eigenvalue weighted by molar-refractivity contribution is 0.787. The summed E-state index contributed by atoms with van der Waals surface area (Å²) in [6.07, 6.45) is 13.9. The van der Waals surface area contributed by atoms with Crippen LogP contribution in [-0.2, 0) is 0 Å². The Morgan fingerprint density at radius 1 is 0.540 bits per heavy atom. The Balaban J connectivity index is 0.924. The molecular weight excluding hydrogens is 613 g/mol. The summed E-state index contributed by atoms with van der Waals surface area (Å²) in [5.41, 5.74) is 13.1. The van der Waals surface area contributed by atoms with Gasteiger partial charge in [0.1, 0.15) is 0 Å². The van der Waals surface area contributed by atoms with Gasteiger partial charge in [0.05, 0.1) is 28.5 Å². The summed E-state index contributed by atoms with van der Waals surface area (Å²) >= 11 is 0. The maximum absolute atomic E-state index is 4.85. The molecule has 0 spiro atoms. The molecule has 4 aromatic heterocycles. The first-order valence-electron chi connectivity index (χ1n) is 16.9. The van der Waals surface area contributed by atoms with Crippen molar-refractivity contribution in [3.8, 4) is 39.3 Å². The number of aliphatic imine (C=N–C) groups is 1. The summed E-state index contributed by atoms with van der Waals surface area (Å²) in [6.45, 7) is 0. The average molecular weight is 643 g/mol. The van der Waals surface area contributed by atoms with Gasteiger partial charge in [-0.15, -0.1) is 0 Å². The van der Waals surface area contributed by atoms with Gasteiger partial charge in [-0.3, -0.25) is 19.9 Å². The van der Waals surface area contributed by atoms with Gasteiger partial charge in [0.25, 0.3) is 0 Å². The molecule has 2 aliphatic rings. The molecule has 0 fully saturated rings. The molecule has 2 atom stereocenters. The van der Waals surface area contributed by atoms with Crippen molar-refractivity contribution in [2.75, 3.05) is 4.90 Å². The lowest BCUT2D eigenvalue weighted by Gasteiger charge is -2.28. The smallest absolute Gasteiger partial charge is 0.0886 e. The summed E-state index contributed by atoms with van der Waals surface area (Å²) in [5.74, 6) is 0.300. The zero-order valence-corrected chi connectivity index (χ0v) is 27.0. The first-order chi connectivity index (χ1) is 24.8. The number of hydrogen-bond acceptors (Lipinski definition) is 5. The van der Waals surface area contributed by atoms with Crippen LogP contribution >= 0.6 is 0 Å². The van der Waals surface area contributed by atoms with Crippen molar-refractivity contribution in [3.05, 3.63) is 170 Å². The number of para-hydroxylation sites is 2. The molecule has 0 saturated carbocycles. The fraction of sp³-hybridized carbons (Fsp3) is 0.0455. The van der Waals surface area contributed by atoms with Crippen LogP contribution in [0.4, 0.5) is 11.4 Å². The average Bonchev–Trinajstić information content (AvgIpc) is 3.71. The van der Waals surface area contributed by atoms with Gasteiger partial charge in [-0.1, -0.05) is 78.9 Å². The quantitative estimate of drug-likeness (QED) is 0.187. The summed E-state index contributed by atoms with van der Waals surface area (Å²) in [4.78, 5) is 21.0. The summed E-state index contributed by atoms with van der Waals surface area (Å²) in [7, 11) is 0. The Bertz CT molecular complexity index is 2560. The van der Waals surface area contributed by atoms with Crippen LogP contribution in [0.2, 0.25) is 0 Å². The number of pyridine rings is 3. The standard InChI is InChI=1S/C44H30N6/c1-3-13-41-35(11-1)37-19-21-46-28-44(37)50(41)34-10-6-8-30(24-34)32-16-18-40(48-26-32)39-17-15-31(25-47-39)29-7-5-9-33(23-29)49-42-14-4-2-12-36(42)38-27-45-22-20-43(38)49/h1-28,37,44H. The maximum Gasteiger partial charge on any atom is 0.0886 e. The molecule has 6 nitrogen and oxygen atoms in total. The number of anilines is 2. The number of fused-ring (bicyclic) bond motifs is 6. The molecule has 4 aromatic carbocycles. The van der Waals surface area contributed by atoms with E-state index in [-0.39, 0.29) is 6.04 Å². The van der Waals surface area contributed by atoms with Crippen LogP contribution < -0.4 is 4.90 Å². The van der Waals surface area contributed by atoms with E-state index < -0.39 is 0 Å². The van der Waals surface area contributed by atoms with E-state index in [2.05, 4.69) is 159 Å². The van der Waals surface area contributed by atoms with E-state index in [1.165, 1.54) is 16.6 Å². The summed E-state index contributed by atoms with van der Waals surface area (Å²) in [5, 5.41) is 2.34. The van der Waals surface area contributed by atoms with Crippen LogP contribution in [0.3, 0.4) is 0 Å². The van der Waals surface area contributed by atoms with E-state index in [0.29, 0.717) is 5.92 Å². The van der Waals surface area contributed by atoms with Crippen molar-refractivity contribution < 1.29 is 0 Å². The molecule has 2 unspecified atom stereocenters. The SMILES string of the molecule is C1=CC2c3ccccc3N(c3cccc(-c4ccc(-c5ccc(-c6cccc(-n7c8ccccc8c8cnccc87)c6)cn5)nc4)c3)C2C=N1. The van der Waals surface area contributed by atoms with Crippen molar-refractivity contribution in [1.29, 1.82) is 0 Å². The zero-order valence-electron chi connectivity index (χ0n) is 27.0. The second kappa shape index (κ2) is 11.5. The maximum atomic E-state index is 4.85. The third-order valence-electron chi connectivity index (χ3n) is 10.00. The highest BCUT2D eigenvalue weighted by atomic mass is 15.2. The van der Waals surface area contributed by atoms with Crippen molar-refractivity contribution >= 4 is 39.4 Å². The van der Waals surface area contributed by atoms with Crippen LogP contribution in [0.25, 0.3) is 61.1 Å². The van der Waals surface area contributed by atoms with Crippen LogP contribution in [0.5, 0.6) is 0 Å². The monoisotopic (exact) mass is 642 g/mol. The van der Waals surface area contributed by atoms with Gasteiger partial charge in [0.15, 0.2) is 0 Å². The molecule has 50 heavy (non-hydrogen) atoms. The molecule has 0 amide bonds. The minimum absolute atomic E-state index is 0.163. The lowest BCUT2D eigenvalue weighted by Crippen LogP contribution is -2.32. The normalized spacial score (nSPS) is 16.2. The van der Waals surface area contributed by atoms with Gasteiger partial charge in [-0.05, 0) is 71.3 Å². The van der Waals surface area contributed by atoms with Crippen molar-refractivity contribution in [2.24, 2.45) is 4.99 Å². The van der Waals surface area contributed by atoms with E-state index in [1.807, 2.05) is 31.0 Å². The summed E-state index contributed by atoms with van der Waals surface area (Å²) in [6, 6.07) is 45.1. The topological polar surface area (TPSA) is 59.2 Å².